The molecule has 0 atom stereocenters. The van der Waals surface area contributed by atoms with Gasteiger partial charge in [-0.1, -0.05) is 82.4 Å². The van der Waals surface area contributed by atoms with E-state index in [0.29, 0.717) is 5.75 Å². The van der Waals surface area contributed by atoms with Crippen LogP contribution in [0.25, 0.3) is 0 Å². The van der Waals surface area contributed by atoms with Gasteiger partial charge in [-0.2, -0.15) is 0 Å². The number of alkyl halides is 3. The molecule has 0 unspecified atom stereocenters. The lowest BCUT2D eigenvalue weighted by Crippen LogP contribution is -2.25. The largest absolute Gasteiger partial charge is 0.423 e. The van der Waals surface area contributed by atoms with Gasteiger partial charge in [-0.05, 0) is 34.1 Å². The summed E-state index contributed by atoms with van der Waals surface area (Å²) in [6.07, 6.45) is 0. The van der Waals surface area contributed by atoms with Crippen LogP contribution in [-0.2, 0) is 15.6 Å². The van der Waals surface area contributed by atoms with Gasteiger partial charge in [-0.25, -0.2) is 4.79 Å². The molecule has 0 aliphatic carbocycles. The Morgan fingerprint density at radius 3 is 1.52 bits per heavy atom. The summed E-state index contributed by atoms with van der Waals surface area (Å²) in [5.41, 5.74) is 1.95. The van der Waals surface area contributed by atoms with Crippen molar-refractivity contribution in [1.29, 1.82) is 0 Å². The van der Waals surface area contributed by atoms with Crippen molar-refractivity contribution in [2.75, 3.05) is 0 Å². The lowest BCUT2D eigenvalue weighted by Gasteiger charge is -2.26. The molecule has 0 fully saturated rings. The molecule has 0 amide bonds. The number of esters is 1. The zero-order chi connectivity index (χ0) is 16.6. The second kappa shape index (κ2) is 5.98. The minimum Gasteiger partial charge on any atom is -0.423 e. The molecule has 1 rings (SSSR count). The van der Waals surface area contributed by atoms with Crippen molar-refractivity contribution in [3.05, 3.63) is 29.3 Å². The summed E-state index contributed by atoms with van der Waals surface area (Å²) in [7, 11) is 0. The standard InChI is InChI=1S/C16H21Cl3O2/c1-14(2,3)10-7-11(15(4,5)6)9-12(8-10)21-13(20)16(17,18)19/h7-9H,1-6H3. The molecule has 0 spiro atoms. The number of hydrogen-bond acceptors (Lipinski definition) is 2. The summed E-state index contributed by atoms with van der Waals surface area (Å²) in [5, 5.41) is 0. The van der Waals surface area contributed by atoms with E-state index in [0.717, 1.165) is 11.1 Å². The number of carbonyl (C=O) groups is 1. The molecule has 0 bridgehead atoms. The highest BCUT2D eigenvalue weighted by Gasteiger charge is 2.33. The molecule has 5 heteroatoms. The van der Waals surface area contributed by atoms with Crippen LogP contribution in [-0.4, -0.2) is 9.76 Å². The molecule has 1 aromatic carbocycles. The fourth-order valence-electron chi connectivity index (χ4n) is 1.69. The molecular formula is C16H21Cl3O2. The summed E-state index contributed by atoms with van der Waals surface area (Å²) in [6, 6.07) is 5.74. The number of ether oxygens (including phenoxy) is 1. The van der Waals surface area contributed by atoms with Crippen LogP contribution >= 0.6 is 34.8 Å². The van der Waals surface area contributed by atoms with Crippen molar-refractivity contribution in [3.63, 3.8) is 0 Å². The highest BCUT2D eigenvalue weighted by molar-refractivity contribution is 6.75. The van der Waals surface area contributed by atoms with Gasteiger partial charge in [0, 0.05) is 0 Å². The maximum Gasteiger partial charge on any atom is 0.363 e. The van der Waals surface area contributed by atoms with Crippen LogP contribution < -0.4 is 4.74 Å². The van der Waals surface area contributed by atoms with Gasteiger partial charge in [0.05, 0.1) is 0 Å². The molecule has 0 aliphatic rings. The lowest BCUT2D eigenvalue weighted by molar-refractivity contribution is -0.133. The van der Waals surface area contributed by atoms with Crippen LogP contribution in [0, 0.1) is 0 Å². The zero-order valence-electron chi connectivity index (χ0n) is 13.2. The van der Waals surface area contributed by atoms with E-state index in [9.17, 15) is 4.79 Å². The molecule has 0 heterocycles. The van der Waals surface area contributed by atoms with E-state index >= 15 is 0 Å². The van der Waals surface area contributed by atoms with Gasteiger partial charge in [-0.15, -0.1) is 0 Å². The monoisotopic (exact) mass is 350 g/mol. The highest BCUT2D eigenvalue weighted by Crippen LogP contribution is 2.34. The first kappa shape index (κ1) is 18.6. The topological polar surface area (TPSA) is 26.3 Å². The third kappa shape index (κ3) is 5.36. The smallest absolute Gasteiger partial charge is 0.363 e. The Bertz CT molecular complexity index is 500. The number of benzene rings is 1. The summed E-state index contributed by atoms with van der Waals surface area (Å²) in [6.45, 7) is 12.6. The zero-order valence-corrected chi connectivity index (χ0v) is 15.5. The first-order valence-electron chi connectivity index (χ1n) is 6.66. The quantitative estimate of drug-likeness (QED) is 0.376. The normalized spacial score (nSPS) is 13.2. The van der Waals surface area contributed by atoms with E-state index in [2.05, 4.69) is 47.6 Å². The SMILES string of the molecule is CC(C)(C)c1cc(OC(=O)C(Cl)(Cl)Cl)cc(C(C)(C)C)c1. The van der Waals surface area contributed by atoms with Gasteiger partial charge in [0.2, 0.25) is 0 Å². The Hall–Kier alpha value is -0.440. The number of rotatable bonds is 1. The third-order valence-corrected chi connectivity index (χ3v) is 3.54. The second-order valence-electron chi connectivity index (χ2n) is 7.13. The molecular weight excluding hydrogens is 331 g/mol. The first-order valence-corrected chi connectivity index (χ1v) is 7.80. The second-order valence-corrected chi connectivity index (χ2v) is 9.41. The van der Waals surface area contributed by atoms with E-state index in [4.69, 9.17) is 39.5 Å². The minimum absolute atomic E-state index is 0.0810. The summed E-state index contributed by atoms with van der Waals surface area (Å²) >= 11 is 16.6. The minimum atomic E-state index is -2.08. The highest BCUT2D eigenvalue weighted by atomic mass is 35.6. The van der Waals surface area contributed by atoms with E-state index in [1.165, 1.54) is 0 Å². The number of hydrogen-bond donors (Lipinski definition) is 0. The summed E-state index contributed by atoms with van der Waals surface area (Å²) < 4.78 is 3.13. The van der Waals surface area contributed by atoms with Gasteiger partial charge < -0.3 is 4.74 Å². The van der Waals surface area contributed by atoms with Gasteiger partial charge in [0.1, 0.15) is 5.75 Å². The van der Waals surface area contributed by atoms with Crippen molar-refractivity contribution in [1.82, 2.24) is 0 Å². The molecule has 118 valence electrons. The Labute approximate surface area is 141 Å². The molecule has 0 aromatic heterocycles. The van der Waals surface area contributed by atoms with Crippen LogP contribution in [0.3, 0.4) is 0 Å². The Balaban J connectivity index is 3.30. The van der Waals surface area contributed by atoms with Gasteiger partial charge in [-0.3, -0.25) is 0 Å². The maximum absolute atomic E-state index is 11.7. The molecule has 2 nitrogen and oxygen atoms in total. The predicted octanol–water partition coefficient (Wildman–Crippen LogP) is 5.56. The van der Waals surface area contributed by atoms with Gasteiger partial charge >= 0.3 is 5.97 Å². The molecule has 0 aliphatic heterocycles. The Morgan fingerprint density at radius 2 is 1.24 bits per heavy atom. The molecule has 0 saturated carbocycles. The first-order chi connectivity index (χ1) is 9.21. The molecule has 0 radical (unpaired) electrons. The van der Waals surface area contributed by atoms with Crippen molar-refractivity contribution in [3.8, 4) is 5.75 Å². The average Bonchev–Trinajstić information content (AvgIpc) is 2.24. The fraction of sp³-hybridized carbons (Fsp3) is 0.562. The van der Waals surface area contributed by atoms with Crippen LogP contribution in [0.5, 0.6) is 5.75 Å². The van der Waals surface area contributed by atoms with Crippen LogP contribution in [0.2, 0.25) is 0 Å². The lowest BCUT2D eigenvalue weighted by atomic mass is 9.80. The predicted molar refractivity (Wildman–Crippen MR) is 89.8 cm³/mol. The number of halogens is 3. The van der Waals surface area contributed by atoms with Crippen LogP contribution in [0.4, 0.5) is 0 Å². The summed E-state index contributed by atoms with van der Waals surface area (Å²) in [5.74, 6) is -0.512. The maximum atomic E-state index is 11.7. The Morgan fingerprint density at radius 1 is 0.857 bits per heavy atom. The average molecular weight is 352 g/mol. The molecule has 1 aromatic rings. The third-order valence-electron chi connectivity index (χ3n) is 3.08. The number of carbonyl (C=O) groups excluding carboxylic acids is 1. The van der Waals surface area contributed by atoms with Crippen molar-refractivity contribution in [2.45, 2.75) is 56.2 Å². The Kier molecular flexibility index (Phi) is 5.30. The molecule has 0 saturated heterocycles. The van der Waals surface area contributed by atoms with E-state index in [1.54, 1.807) is 0 Å². The summed E-state index contributed by atoms with van der Waals surface area (Å²) in [4.78, 5) is 11.7. The van der Waals surface area contributed by atoms with Crippen LogP contribution in [0.15, 0.2) is 18.2 Å². The van der Waals surface area contributed by atoms with E-state index < -0.39 is 9.76 Å². The van der Waals surface area contributed by atoms with E-state index in [1.807, 2.05) is 12.1 Å². The van der Waals surface area contributed by atoms with Crippen molar-refractivity contribution >= 4 is 40.8 Å². The van der Waals surface area contributed by atoms with Gasteiger partial charge in [0.15, 0.2) is 0 Å². The van der Waals surface area contributed by atoms with Crippen molar-refractivity contribution < 1.29 is 9.53 Å². The van der Waals surface area contributed by atoms with Crippen LogP contribution in [0.1, 0.15) is 52.7 Å². The fourth-order valence-corrected chi connectivity index (χ4v) is 1.80. The molecule has 21 heavy (non-hydrogen) atoms. The van der Waals surface area contributed by atoms with E-state index in [-0.39, 0.29) is 10.8 Å². The van der Waals surface area contributed by atoms with Gasteiger partial charge in [0.25, 0.3) is 3.79 Å². The van der Waals surface area contributed by atoms with Crippen molar-refractivity contribution in [2.24, 2.45) is 0 Å². The molecule has 0 N–H and O–H groups in total.